The van der Waals surface area contributed by atoms with Gasteiger partial charge < -0.3 is 15.8 Å². The molecule has 1 aromatic carbocycles. The van der Waals surface area contributed by atoms with E-state index in [-0.39, 0.29) is 6.04 Å². The Labute approximate surface area is 111 Å². The third kappa shape index (κ3) is 5.52. The highest BCUT2D eigenvalue weighted by atomic mass is 16.5. The molecule has 1 atom stereocenters. The van der Waals surface area contributed by atoms with E-state index in [0.29, 0.717) is 0 Å². The van der Waals surface area contributed by atoms with Crippen LogP contribution in [0.15, 0.2) is 24.3 Å². The maximum absolute atomic E-state index is 6.17. The number of para-hydroxylation sites is 1. The van der Waals surface area contributed by atoms with E-state index in [1.165, 1.54) is 24.8 Å². The molecule has 18 heavy (non-hydrogen) atoms. The van der Waals surface area contributed by atoms with E-state index >= 15 is 0 Å². The highest BCUT2D eigenvalue weighted by molar-refractivity contribution is 5.33. The molecule has 0 amide bonds. The van der Waals surface area contributed by atoms with Crippen molar-refractivity contribution in [1.29, 1.82) is 0 Å². The summed E-state index contributed by atoms with van der Waals surface area (Å²) in [6, 6.07) is 8.36. The zero-order chi connectivity index (χ0) is 13.2. The van der Waals surface area contributed by atoms with Gasteiger partial charge in [-0.25, -0.2) is 0 Å². The molecule has 1 unspecified atom stereocenters. The highest BCUT2D eigenvalue weighted by Crippen LogP contribution is 2.19. The Balaban J connectivity index is 2.28. The van der Waals surface area contributed by atoms with Gasteiger partial charge in [-0.1, -0.05) is 31.0 Å². The minimum atomic E-state index is 0.232. The summed E-state index contributed by atoms with van der Waals surface area (Å²) < 4.78 is 5.34. The molecule has 0 fully saturated rings. The number of nitrogens with two attached hydrogens (primary N) is 1. The van der Waals surface area contributed by atoms with Crippen molar-refractivity contribution in [3.8, 4) is 5.75 Å². The normalized spacial score (nSPS) is 12.4. The second kappa shape index (κ2) is 8.95. The lowest BCUT2D eigenvalue weighted by molar-refractivity contribution is 0.406. The van der Waals surface area contributed by atoms with Gasteiger partial charge in [0, 0.05) is 6.04 Å². The Hall–Kier alpha value is -1.06. The lowest BCUT2D eigenvalue weighted by Gasteiger charge is -2.14. The molecule has 0 saturated carbocycles. The number of ether oxygens (including phenoxy) is 1. The number of rotatable bonds is 9. The predicted octanol–water partition coefficient (Wildman–Crippen LogP) is 2.34. The van der Waals surface area contributed by atoms with Crippen LogP contribution in [-0.4, -0.2) is 26.7 Å². The van der Waals surface area contributed by atoms with Crippen LogP contribution in [0.1, 0.15) is 31.2 Å². The van der Waals surface area contributed by atoms with Gasteiger partial charge in [-0.2, -0.15) is 0 Å². The van der Waals surface area contributed by atoms with Crippen LogP contribution < -0.4 is 15.8 Å². The highest BCUT2D eigenvalue weighted by Gasteiger charge is 2.07. The molecule has 0 aromatic heterocycles. The van der Waals surface area contributed by atoms with Crippen molar-refractivity contribution in [1.82, 2.24) is 5.32 Å². The number of hydrogen-bond donors (Lipinski definition) is 2. The molecule has 1 aromatic rings. The van der Waals surface area contributed by atoms with E-state index < -0.39 is 0 Å². The molecule has 3 nitrogen and oxygen atoms in total. The van der Waals surface area contributed by atoms with Gasteiger partial charge in [-0.3, -0.25) is 0 Å². The van der Waals surface area contributed by atoms with Crippen LogP contribution >= 0.6 is 0 Å². The largest absolute Gasteiger partial charge is 0.496 e. The van der Waals surface area contributed by atoms with Gasteiger partial charge in [-0.05, 0) is 44.5 Å². The number of benzene rings is 1. The molecule has 0 radical (unpaired) electrons. The summed E-state index contributed by atoms with van der Waals surface area (Å²) in [5.74, 6) is 0.947. The second-order valence-corrected chi connectivity index (χ2v) is 4.73. The van der Waals surface area contributed by atoms with Crippen LogP contribution in [0.2, 0.25) is 0 Å². The van der Waals surface area contributed by atoms with E-state index in [2.05, 4.69) is 11.4 Å². The van der Waals surface area contributed by atoms with Crippen LogP contribution in [0.4, 0.5) is 0 Å². The monoisotopic (exact) mass is 250 g/mol. The Kier molecular flexibility index (Phi) is 7.46. The number of methoxy groups -OCH3 is 1. The maximum Gasteiger partial charge on any atom is 0.122 e. The van der Waals surface area contributed by atoms with Gasteiger partial charge >= 0.3 is 0 Å². The minimum Gasteiger partial charge on any atom is -0.496 e. The number of unbranched alkanes of at least 4 members (excludes halogenated alkanes) is 2. The molecular formula is C15H26N2O. The first kappa shape index (κ1) is 15.0. The van der Waals surface area contributed by atoms with Crippen molar-refractivity contribution < 1.29 is 4.74 Å². The lowest BCUT2D eigenvalue weighted by Crippen LogP contribution is -2.23. The smallest absolute Gasteiger partial charge is 0.122 e. The maximum atomic E-state index is 6.17. The molecule has 0 saturated heterocycles. The average molecular weight is 250 g/mol. The van der Waals surface area contributed by atoms with Gasteiger partial charge in [0.2, 0.25) is 0 Å². The van der Waals surface area contributed by atoms with Crippen molar-refractivity contribution in [2.45, 2.75) is 38.1 Å². The van der Waals surface area contributed by atoms with E-state index in [1.807, 2.05) is 25.2 Å². The first-order chi connectivity index (χ1) is 8.77. The Morgan fingerprint density at radius 2 is 2.00 bits per heavy atom. The minimum absolute atomic E-state index is 0.232. The first-order valence-electron chi connectivity index (χ1n) is 6.80. The number of nitrogens with one attached hydrogen (secondary N) is 1. The van der Waals surface area contributed by atoms with Crippen molar-refractivity contribution in [2.24, 2.45) is 5.73 Å². The van der Waals surface area contributed by atoms with Gasteiger partial charge in [-0.15, -0.1) is 0 Å². The SMILES string of the molecule is CNCCCCCC(N)Cc1ccccc1OC. The molecule has 0 heterocycles. The molecule has 3 N–H and O–H groups in total. The van der Waals surface area contributed by atoms with Crippen molar-refractivity contribution in [3.63, 3.8) is 0 Å². The summed E-state index contributed by atoms with van der Waals surface area (Å²) in [7, 11) is 3.70. The summed E-state index contributed by atoms with van der Waals surface area (Å²) in [6.45, 7) is 1.10. The Morgan fingerprint density at radius 1 is 1.22 bits per heavy atom. The zero-order valence-electron chi connectivity index (χ0n) is 11.6. The summed E-state index contributed by atoms with van der Waals surface area (Å²) in [5.41, 5.74) is 7.38. The summed E-state index contributed by atoms with van der Waals surface area (Å²) in [4.78, 5) is 0. The van der Waals surface area contributed by atoms with Crippen LogP contribution in [-0.2, 0) is 6.42 Å². The average Bonchev–Trinajstić information content (AvgIpc) is 2.39. The number of hydrogen-bond acceptors (Lipinski definition) is 3. The van der Waals surface area contributed by atoms with Crippen molar-refractivity contribution >= 4 is 0 Å². The molecule has 0 aliphatic rings. The van der Waals surface area contributed by atoms with Crippen molar-refractivity contribution in [2.75, 3.05) is 20.7 Å². The summed E-state index contributed by atoms with van der Waals surface area (Å²) in [5, 5.41) is 3.16. The third-order valence-electron chi connectivity index (χ3n) is 3.18. The Bertz CT molecular complexity index is 328. The van der Waals surface area contributed by atoms with E-state index in [9.17, 15) is 0 Å². The molecule has 0 spiro atoms. The van der Waals surface area contributed by atoms with E-state index in [0.717, 1.165) is 25.1 Å². The molecule has 1 rings (SSSR count). The predicted molar refractivity (Wildman–Crippen MR) is 77.1 cm³/mol. The quantitative estimate of drug-likeness (QED) is 0.661. The molecule has 3 heteroatoms. The van der Waals surface area contributed by atoms with Gasteiger partial charge in [0.1, 0.15) is 5.75 Å². The summed E-state index contributed by atoms with van der Waals surface area (Å²) >= 11 is 0. The fraction of sp³-hybridized carbons (Fsp3) is 0.600. The molecular weight excluding hydrogens is 224 g/mol. The van der Waals surface area contributed by atoms with Crippen LogP contribution in [0.5, 0.6) is 5.75 Å². The second-order valence-electron chi connectivity index (χ2n) is 4.73. The van der Waals surface area contributed by atoms with E-state index in [4.69, 9.17) is 10.5 Å². The van der Waals surface area contributed by atoms with Crippen LogP contribution in [0, 0.1) is 0 Å². The topological polar surface area (TPSA) is 47.3 Å². The Morgan fingerprint density at radius 3 is 2.72 bits per heavy atom. The fourth-order valence-corrected chi connectivity index (χ4v) is 2.14. The van der Waals surface area contributed by atoms with Crippen LogP contribution in [0.3, 0.4) is 0 Å². The summed E-state index contributed by atoms with van der Waals surface area (Å²) in [6.07, 6.45) is 5.67. The van der Waals surface area contributed by atoms with E-state index in [1.54, 1.807) is 7.11 Å². The van der Waals surface area contributed by atoms with Gasteiger partial charge in [0.05, 0.1) is 7.11 Å². The zero-order valence-corrected chi connectivity index (χ0v) is 11.6. The molecule has 0 bridgehead atoms. The molecule has 102 valence electrons. The van der Waals surface area contributed by atoms with Crippen molar-refractivity contribution in [3.05, 3.63) is 29.8 Å². The first-order valence-corrected chi connectivity index (χ1v) is 6.80. The molecule has 0 aliphatic heterocycles. The van der Waals surface area contributed by atoms with Gasteiger partial charge in [0.15, 0.2) is 0 Å². The van der Waals surface area contributed by atoms with Crippen LogP contribution in [0.25, 0.3) is 0 Å². The lowest BCUT2D eigenvalue weighted by atomic mass is 10.0. The van der Waals surface area contributed by atoms with Gasteiger partial charge in [0.25, 0.3) is 0 Å². The third-order valence-corrected chi connectivity index (χ3v) is 3.18. The molecule has 0 aliphatic carbocycles. The standard InChI is InChI=1S/C15H26N2O/c1-17-11-7-3-4-9-14(16)12-13-8-5-6-10-15(13)18-2/h5-6,8,10,14,17H,3-4,7,9,11-12,16H2,1-2H3. The fourth-order valence-electron chi connectivity index (χ4n) is 2.14.